The monoisotopic (exact) mass is 190 g/mol. The highest BCUT2D eigenvalue weighted by Gasteiger charge is 2.05. The van der Waals surface area contributed by atoms with Crippen LogP contribution in [0.2, 0.25) is 0 Å². The van der Waals surface area contributed by atoms with Crippen molar-refractivity contribution in [1.82, 2.24) is 9.55 Å². The van der Waals surface area contributed by atoms with Crippen LogP contribution in [0.1, 0.15) is 25.4 Å². The van der Waals surface area contributed by atoms with E-state index in [-0.39, 0.29) is 5.56 Å². The van der Waals surface area contributed by atoms with Crippen molar-refractivity contribution < 1.29 is 0 Å². The number of hydrogen-bond acceptors (Lipinski definition) is 2. The van der Waals surface area contributed by atoms with Crippen LogP contribution in [-0.4, -0.2) is 9.55 Å². The third-order valence-corrected chi connectivity index (χ3v) is 2.05. The number of hydrogen-bond donors (Lipinski definition) is 0. The average Bonchev–Trinajstić information content (AvgIpc) is 2.15. The summed E-state index contributed by atoms with van der Waals surface area (Å²) in [7, 11) is 0. The maximum absolute atomic E-state index is 11.5. The SMILES string of the molecule is C=Cn1c(/C(C)=C\C)nc(C)cc1=O. The second kappa shape index (κ2) is 4.05. The zero-order valence-electron chi connectivity index (χ0n) is 8.74. The van der Waals surface area contributed by atoms with Crippen LogP contribution in [0.25, 0.3) is 11.8 Å². The molecule has 3 heteroatoms. The van der Waals surface area contributed by atoms with Crippen molar-refractivity contribution in [2.75, 3.05) is 0 Å². The molecule has 0 amide bonds. The minimum Gasteiger partial charge on any atom is -0.269 e. The van der Waals surface area contributed by atoms with E-state index in [1.54, 1.807) is 6.92 Å². The van der Waals surface area contributed by atoms with E-state index in [0.29, 0.717) is 5.82 Å². The molecule has 1 aromatic rings. The van der Waals surface area contributed by atoms with Crippen LogP contribution in [0.15, 0.2) is 23.5 Å². The molecule has 3 nitrogen and oxygen atoms in total. The van der Waals surface area contributed by atoms with Gasteiger partial charge in [-0.05, 0) is 26.3 Å². The van der Waals surface area contributed by atoms with Crippen molar-refractivity contribution in [1.29, 1.82) is 0 Å². The van der Waals surface area contributed by atoms with Gasteiger partial charge in [0.15, 0.2) is 0 Å². The smallest absolute Gasteiger partial charge is 0.258 e. The molecule has 0 aliphatic rings. The first-order chi connectivity index (χ1) is 6.60. The fraction of sp³-hybridized carbons (Fsp3) is 0.273. The molecule has 0 aliphatic carbocycles. The van der Waals surface area contributed by atoms with Crippen molar-refractivity contribution in [3.8, 4) is 0 Å². The topological polar surface area (TPSA) is 34.9 Å². The summed E-state index contributed by atoms with van der Waals surface area (Å²) < 4.78 is 1.45. The van der Waals surface area contributed by atoms with Gasteiger partial charge in [-0.3, -0.25) is 9.36 Å². The molecule has 0 saturated heterocycles. The Morgan fingerprint density at radius 2 is 2.29 bits per heavy atom. The molecular formula is C11H14N2O. The van der Waals surface area contributed by atoms with Gasteiger partial charge in [0, 0.05) is 18.0 Å². The van der Waals surface area contributed by atoms with E-state index < -0.39 is 0 Å². The first kappa shape index (κ1) is 10.4. The van der Waals surface area contributed by atoms with Gasteiger partial charge < -0.3 is 0 Å². The fourth-order valence-electron chi connectivity index (χ4n) is 1.19. The maximum atomic E-state index is 11.5. The average molecular weight is 190 g/mol. The van der Waals surface area contributed by atoms with Crippen LogP contribution in [0.5, 0.6) is 0 Å². The van der Waals surface area contributed by atoms with E-state index in [9.17, 15) is 4.79 Å². The van der Waals surface area contributed by atoms with Crippen LogP contribution in [-0.2, 0) is 0 Å². The quantitative estimate of drug-likeness (QED) is 0.715. The molecule has 0 N–H and O–H groups in total. The van der Waals surface area contributed by atoms with Gasteiger partial charge in [-0.15, -0.1) is 0 Å². The Kier molecular flexibility index (Phi) is 3.02. The first-order valence-electron chi connectivity index (χ1n) is 4.46. The Labute approximate surface area is 83.4 Å². The summed E-state index contributed by atoms with van der Waals surface area (Å²) >= 11 is 0. The highest BCUT2D eigenvalue weighted by molar-refractivity contribution is 5.59. The Hall–Kier alpha value is -1.64. The molecule has 0 atom stereocenters. The predicted octanol–water partition coefficient (Wildman–Crippen LogP) is 2.08. The number of allylic oxidation sites excluding steroid dienone is 2. The van der Waals surface area contributed by atoms with Gasteiger partial charge in [-0.25, -0.2) is 4.98 Å². The van der Waals surface area contributed by atoms with Crippen molar-refractivity contribution in [2.24, 2.45) is 0 Å². The third-order valence-electron chi connectivity index (χ3n) is 2.05. The molecule has 0 spiro atoms. The third kappa shape index (κ3) is 1.82. The van der Waals surface area contributed by atoms with Crippen LogP contribution in [0, 0.1) is 6.92 Å². The number of rotatable bonds is 2. The second-order valence-electron chi connectivity index (χ2n) is 3.08. The maximum Gasteiger partial charge on any atom is 0.258 e. The van der Waals surface area contributed by atoms with Crippen molar-refractivity contribution >= 4 is 11.8 Å². The largest absolute Gasteiger partial charge is 0.269 e. The molecule has 74 valence electrons. The number of nitrogens with zero attached hydrogens (tertiary/aromatic N) is 2. The summed E-state index contributed by atoms with van der Waals surface area (Å²) in [5.74, 6) is 0.660. The molecule has 0 radical (unpaired) electrons. The summed E-state index contributed by atoms with van der Waals surface area (Å²) in [4.78, 5) is 15.8. The Morgan fingerprint density at radius 1 is 1.64 bits per heavy atom. The van der Waals surface area contributed by atoms with E-state index in [1.807, 2.05) is 19.9 Å². The Bertz CT molecular complexity index is 441. The molecule has 1 heterocycles. The fourth-order valence-corrected chi connectivity index (χ4v) is 1.19. The summed E-state index contributed by atoms with van der Waals surface area (Å²) in [6.45, 7) is 9.23. The van der Waals surface area contributed by atoms with Crippen molar-refractivity contribution in [3.63, 3.8) is 0 Å². The van der Waals surface area contributed by atoms with E-state index >= 15 is 0 Å². The lowest BCUT2D eigenvalue weighted by Gasteiger charge is -2.07. The first-order valence-corrected chi connectivity index (χ1v) is 4.46. The molecular weight excluding hydrogens is 176 g/mol. The van der Waals surface area contributed by atoms with Gasteiger partial charge >= 0.3 is 0 Å². The minimum absolute atomic E-state index is 0.0938. The molecule has 14 heavy (non-hydrogen) atoms. The van der Waals surface area contributed by atoms with Gasteiger partial charge in [-0.2, -0.15) is 0 Å². The van der Waals surface area contributed by atoms with Crippen molar-refractivity contribution in [2.45, 2.75) is 20.8 Å². The second-order valence-corrected chi connectivity index (χ2v) is 3.08. The standard InChI is InChI=1S/C11H14N2O/c1-5-8(3)11-12-9(4)7-10(14)13(11)6-2/h5-7H,2H2,1,3-4H3/b8-5-. The molecule has 1 aromatic heterocycles. The van der Waals surface area contributed by atoms with E-state index in [1.165, 1.54) is 16.8 Å². The molecule has 0 unspecified atom stereocenters. The lowest BCUT2D eigenvalue weighted by Crippen LogP contribution is -2.20. The van der Waals surface area contributed by atoms with E-state index in [0.717, 1.165) is 11.3 Å². The van der Waals surface area contributed by atoms with Crippen LogP contribution in [0.3, 0.4) is 0 Å². The number of aromatic nitrogens is 2. The normalized spacial score (nSPS) is 11.5. The van der Waals surface area contributed by atoms with Gasteiger partial charge in [0.05, 0.1) is 0 Å². The molecule has 0 bridgehead atoms. The number of aryl methyl sites for hydroxylation is 1. The Morgan fingerprint density at radius 3 is 2.79 bits per heavy atom. The molecule has 0 saturated carbocycles. The van der Waals surface area contributed by atoms with Crippen LogP contribution < -0.4 is 5.56 Å². The molecule has 1 rings (SSSR count). The molecule has 0 aliphatic heterocycles. The highest BCUT2D eigenvalue weighted by atomic mass is 16.1. The van der Waals surface area contributed by atoms with Gasteiger partial charge in [0.1, 0.15) is 5.82 Å². The van der Waals surface area contributed by atoms with Crippen LogP contribution >= 0.6 is 0 Å². The lowest BCUT2D eigenvalue weighted by molar-refractivity contribution is 0.930. The lowest BCUT2D eigenvalue weighted by atomic mass is 10.2. The summed E-state index contributed by atoms with van der Waals surface area (Å²) in [5.41, 5.74) is 1.60. The zero-order valence-corrected chi connectivity index (χ0v) is 8.74. The zero-order chi connectivity index (χ0) is 10.7. The predicted molar refractivity (Wildman–Crippen MR) is 58.9 cm³/mol. The summed E-state index contributed by atoms with van der Waals surface area (Å²) in [5, 5.41) is 0. The summed E-state index contributed by atoms with van der Waals surface area (Å²) in [6, 6.07) is 1.49. The Balaban J connectivity index is 3.55. The van der Waals surface area contributed by atoms with Gasteiger partial charge in [0.25, 0.3) is 5.56 Å². The molecule has 0 fully saturated rings. The minimum atomic E-state index is -0.0938. The van der Waals surface area contributed by atoms with E-state index in [4.69, 9.17) is 0 Å². The van der Waals surface area contributed by atoms with Crippen LogP contribution in [0.4, 0.5) is 0 Å². The van der Waals surface area contributed by atoms with Gasteiger partial charge in [0.2, 0.25) is 0 Å². The summed E-state index contributed by atoms with van der Waals surface area (Å²) in [6.07, 6.45) is 3.40. The van der Waals surface area contributed by atoms with Gasteiger partial charge in [-0.1, -0.05) is 12.7 Å². The highest BCUT2D eigenvalue weighted by Crippen LogP contribution is 2.09. The van der Waals surface area contributed by atoms with E-state index in [2.05, 4.69) is 11.6 Å². The molecule has 0 aromatic carbocycles. The van der Waals surface area contributed by atoms with Crippen molar-refractivity contribution in [3.05, 3.63) is 40.6 Å².